The molecule has 1 aromatic rings. The van der Waals surface area contributed by atoms with Gasteiger partial charge in [-0.3, -0.25) is 4.79 Å². The Morgan fingerprint density at radius 3 is 2.64 bits per heavy atom. The second kappa shape index (κ2) is 3.84. The maximum atomic E-state index is 12.6. The highest BCUT2D eigenvalue weighted by molar-refractivity contribution is 8.02. The molecule has 0 radical (unpaired) electrons. The second-order valence-corrected chi connectivity index (χ2v) is 3.73. The standard InChI is InChI=1S/C10H8FNOS/c11-9-3-1-8(2-4-9)10(13)12-5-6-14-7-12/h1-6H,7H2. The first-order valence-electron chi connectivity index (χ1n) is 4.12. The summed E-state index contributed by atoms with van der Waals surface area (Å²) in [4.78, 5) is 13.3. The molecule has 0 saturated carbocycles. The van der Waals surface area contributed by atoms with Crippen LogP contribution in [0.5, 0.6) is 0 Å². The summed E-state index contributed by atoms with van der Waals surface area (Å²) in [6.07, 6.45) is 1.73. The second-order valence-electron chi connectivity index (χ2n) is 2.86. The Hall–Kier alpha value is -1.29. The summed E-state index contributed by atoms with van der Waals surface area (Å²) in [7, 11) is 0. The van der Waals surface area contributed by atoms with Crippen LogP contribution < -0.4 is 0 Å². The molecule has 0 fully saturated rings. The highest BCUT2D eigenvalue weighted by Crippen LogP contribution is 2.18. The van der Waals surface area contributed by atoms with Gasteiger partial charge in [0.1, 0.15) is 5.82 Å². The lowest BCUT2D eigenvalue weighted by atomic mass is 10.2. The van der Waals surface area contributed by atoms with Crippen molar-refractivity contribution < 1.29 is 9.18 Å². The zero-order chi connectivity index (χ0) is 9.97. The Morgan fingerprint density at radius 2 is 2.07 bits per heavy atom. The van der Waals surface area contributed by atoms with Gasteiger partial charge in [0.2, 0.25) is 0 Å². The molecule has 4 heteroatoms. The van der Waals surface area contributed by atoms with Crippen LogP contribution in [0.4, 0.5) is 4.39 Å². The van der Waals surface area contributed by atoms with Gasteiger partial charge in [-0.05, 0) is 29.7 Å². The maximum absolute atomic E-state index is 12.6. The molecule has 2 nitrogen and oxygen atoms in total. The highest BCUT2D eigenvalue weighted by Gasteiger charge is 2.15. The van der Waals surface area contributed by atoms with E-state index >= 15 is 0 Å². The molecule has 0 unspecified atom stereocenters. The number of hydrogen-bond acceptors (Lipinski definition) is 2. The van der Waals surface area contributed by atoms with Crippen molar-refractivity contribution in [1.29, 1.82) is 0 Å². The van der Waals surface area contributed by atoms with Crippen LogP contribution in [0.1, 0.15) is 10.4 Å². The summed E-state index contributed by atoms with van der Waals surface area (Å²) in [6, 6.07) is 5.57. The van der Waals surface area contributed by atoms with Gasteiger partial charge >= 0.3 is 0 Å². The minimum absolute atomic E-state index is 0.0914. The van der Waals surface area contributed by atoms with Crippen molar-refractivity contribution in [1.82, 2.24) is 4.90 Å². The summed E-state index contributed by atoms with van der Waals surface area (Å²) in [6.45, 7) is 0. The Bertz CT molecular complexity index is 374. The van der Waals surface area contributed by atoms with Crippen molar-refractivity contribution in [2.75, 3.05) is 5.88 Å². The molecule has 0 spiro atoms. The molecule has 1 amide bonds. The van der Waals surface area contributed by atoms with E-state index in [0.29, 0.717) is 11.4 Å². The number of carbonyl (C=O) groups excluding carboxylic acids is 1. The largest absolute Gasteiger partial charge is 0.304 e. The highest BCUT2D eigenvalue weighted by atomic mass is 32.2. The normalized spacial score (nSPS) is 14.8. The number of carbonyl (C=O) groups is 1. The summed E-state index contributed by atoms with van der Waals surface area (Å²) in [5, 5.41) is 1.86. The van der Waals surface area contributed by atoms with Gasteiger partial charge in [0, 0.05) is 11.8 Å². The number of nitrogens with zero attached hydrogens (tertiary/aromatic N) is 1. The van der Waals surface area contributed by atoms with Crippen molar-refractivity contribution in [3.05, 3.63) is 47.3 Å². The molecule has 1 aliphatic rings. The number of hydrogen-bond donors (Lipinski definition) is 0. The van der Waals surface area contributed by atoms with Crippen molar-refractivity contribution in [2.45, 2.75) is 0 Å². The summed E-state index contributed by atoms with van der Waals surface area (Å²) >= 11 is 1.56. The lowest BCUT2D eigenvalue weighted by molar-refractivity contribution is 0.0846. The Morgan fingerprint density at radius 1 is 1.36 bits per heavy atom. The van der Waals surface area contributed by atoms with Crippen molar-refractivity contribution >= 4 is 17.7 Å². The lowest BCUT2D eigenvalue weighted by Gasteiger charge is -2.11. The zero-order valence-electron chi connectivity index (χ0n) is 7.31. The molecule has 0 bridgehead atoms. The van der Waals surface area contributed by atoms with E-state index in [1.54, 1.807) is 22.9 Å². The molecular weight excluding hydrogens is 201 g/mol. The fourth-order valence-corrected chi connectivity index (χ4v) is 1.85. The van der Waals surface area contributed by atoms with Crippen LogP contribution in [0.25, 0.3) is 0 Å². The third-order valence-electron chi connectivity index (χ3n) is 1.90. The van der Waals surface area contributed by atoms with Gasteiger partial charge in [-0.25, -0.2) is 4.39 Å². The van der Waals surface area contributed by atoms with E-state index in [1.165, 1.54) is 24.3 Å². The molecular formula is C10H8FNOS. The van der Waals surface area contributed by atoms with Gasteiger partial charge in [0.15, 0.2) is 0 Å². The van der Waals surface area contributed by atoms with E-state index in [9.17, 15) is 9.18 Å². The van der Waals surface area contributed by atoms with Crippen molar-refractivity contribution in [3.63, 3.8) is 0 Å². The molecule has 2 rings (SSSR count). The Labute approximate surface area is 85.4 Å². The first-order chi connectivity index (χ1) is 6.77. The minimum atomic E-state index is -0.326. The Kier molecular flexibility index (Phi) is 2.54. The van der Waals surface area contributed by atoms with E-state index in [0.717, 1.165) is 0 Å². The minimum Gasteiger partial charge on any atom is -0.304 e. The average molecular weight is 209 g/mol. The van der Waals surface area contributed by atoms with Crippen LogP contribution in [0.3, 0.4) is 0 Å². The fraction of sp³-hybridized carbons (Fsp3) is 0.100. The molecule has 14 heavy (non-hydrogen) atoms. The third kappa shape index (κ3) is 1.80. The number of benzene rings is 1. The van der Waals surface area contributed by atoms with E-state index in [4.69, 9.17) is 0 Å². The number of rotatable bonds is 1. The molecule has 0 saturated heterocycles. The van der Waals surface area contributed by atoms with Crippen LogP contribution >= 0.6 is 11.8 Å². The number of thioether (sulfide) groups is 1. The smallest absolute Gasteiger partial charge is 0.258 e. The van der Waals surface area contributed by atoms with E-state index in [-0.39, 0.29) is 11.7 Å². The molecule has 0 atom stereocenters. The SMILES string of the molecule is O=C(c1ccc(F)cc1)N1C=CSC1. The lowest BCUT2D eigenvalue weighted by Crippen LogP contribution is -2.22. The first kappa shape index (κ1) is 9.27. The van der Waals surface area contributed by atoms with E-state index < -0.39 is 0 Å². The molecule has 0 aromatic heterocycles. The van der Waals surface area contributed by atoms with Gasteiger partial charge < -0.3 is 4.90 Å². The van der Waals surface area contributed by atoms with Crippen LogP contribution in [0.15, 0.2) is 35.9 Å². The molecule has 72 valence electrons. The predicted molar refractivity (Wildman–Crippen MR) is 54.2 cm³/mol. The maximum Gasteiger partial charge on any atom is 0.258 e. The van der Waals surface area contributed by atoms with Gasteiger partial charge in [0.05, 0.1) is 5.88 Å². The molecule has 0 aliphatic carbocycles. The number of amides is 1. The Balaban J connectivity index is 2.18. The van der Waals surface area contributed by atoms with Crippen LogP contribution in [-0.2, 0) is 0 Å². The van der Waals surface area contributed by atoms with Crippen LogP contribution in [0, 0.1) is 5.82 Å². The van der Waals surface area contributed by atoms with Gasteiger partial charge in [-0.1, -0.05) is 0 Å². The quantitative estimate of drug-likeness (QED) is 0.708. The summed E-state index contributed by atoms with van der Waals surface area (Å²) in [5.74, 6) is 0.218. The van der Waals surface area contributed by atoms with Gasteiger partial charge in [-0.15, -0.1) is 11.8 Å². The van der Waals surface area contributed by atoms with E-state index in [1.807, 2.05) is 5.41 Å². The van der Waals surface area contributed by atoms with Crippen molar-refractivity contribution in [2.24, 2.45) is 0 Å². The molecule has 1 heterocycles. The molecule has 1 aromatic carbocycles. The number of halogens is 1. The molecule has 0 N–H and O–H groups in total. The summed E-state index contributed by atoms with van der Waals surface area (Å²) < 4.78 is 12.6. The third-order valence-corrected chi connectivity index (χ3v) is 2.64. The summed E-state index contributed by atoms with van der Waals surface area (Å²) in [5.41, 5.74) is 0.513. The van der Waals surface area contributed by atoms with E-state index in [2.05, 4.69) is 0 Å². The monoisotopic (exact) mass is 209 g/mol. The topological polar surface area (TPSA) is 20.3 Å². The molecule has 1 aliphatic heterocycles. The van der Waals surface area contributed by atoms with Gasteiger partial charge in [0.25, 0.3) is 5.91 Å². The predicted octanol–water partition coefficient (Wildman–Crippen LogP) is 2.44. The van der Waals surface area contributed by atoms with Crippen LogP contribution in [-0.4, -0.2) is 16.7 Å². The van der Waals surface area contributed by atoms with Gasteiger partial charge in [-0.2, -0.15) is 0 Å². The zero-order valence-corrected chi connectivity index (χ0v) is 8.13. The van der Waals surface area contributed by atoms with Crippen molar-refractivity contribution in [3.8, 4) is 0 Å². The first-order valence-corrected chi connectivity index (χ1v) is 5.17. The van der Waals surface area contributed by atoms with Crippen LogP contribution in [0.2, 0.25) is 0 Å². The fourth-order valence-electron chi connectivity index (χ4n) is 1.17. The average Bonchev–Trinajstić information content (AvgIpc) is 2.71.